The third kappa shape index (κ3) is 2.17. The van der Waals surface area contributed by atoms with Gasteiger partial charge in [0.2, 0.25) is 0 Å². The number of halogens is 2. The minimum absolute atomic E-state index is 0.0287. The van der Waals surface area contributed by atoms with Gasteiger partial charge in [0.25, 0.3) is 0 Å². The van der Waals surface area contributed by atoms with Crippen LogP contribution < -0.4 is 16.2 Å². The number of hydrogen-bond acceptors (Lipinski definition) is 1. The van der Waals surface area contributed by atoms with Gasteiger partial charge in [-0.3, -0.25) is 0 Å². The van der Waals surface area contributed by atoms with Crippen LogP contribution in [0.25, 0.3) is 24.3 Å². The van der Waals surface area contributed by atoms with E-state index >= 15 is 0 Å². The minimum Gasteiger partial charge on any atom is -0.395 e. The summed E-state index contributed by atoms with van der Waals surface area (Å²) in [6.45, 7) is 7.68. The largest absolute Gasteiger partial charge is 0.395 e. The Bertz CT molecular complexity index is 656. The molecular weight excluding hydrogens is 237 g/mol. The Labute approximate surface area is 104 Å². The topological polar surface area (TPSA) is 26.0 Å². The number of hydrogen-bond donors (Lipinski definition) is 1. The molecule has 0 saturated heterocycles. The van der Waals surface area contributed by atoms with E-state index in [1.54, 1.807) is 6.07 Å². The molecule has 0 atom stereocenters. The van der Waals surface area contributed by atoms with Crippen molar-refractivity contribution in [2.75, 3.05) is 5.73 Å². The fourth-order valence-corrected chi connectivity index (χ4v) is 1.76. The summed E-state index contributed by atoms with van der Waals surface area (Å²) in [6.07, 6.45) is 0. The van der Waals surface area contributed by atoms with E-state index < -0.39 is 5.82 Å². The molecule has 0 spiro atoms. The summed E-state index contributed by atoms with van der Waals surface area (Å²) in [4.78, 5) is 0. The molecule has 2 aromatic carbocycles. The molecule has 1 nitrogen and oxygen atoms in total. The van der Waals surface area contributed by atoms with Crippen molar-refractivity contribution in [3.8, 4) is 11.1 Å². The molecule has 0 bridgehead atoms. The van der Waals surface area contributed by atoms with E-state index in [9.17, 15) is 4.39 Å². The Morgan fingerprint density at radius 3 is 2.29 bits per heavy atom. The molecule has 0 aliphatic carbocycles. The van der Waals surface area contributed by atoms with E-state index in [4.69, 9.17) is 17.3 Å². The second kappa shape index (κ2) is 4.22. The van der Waals surface area contributed by atoms with Crippen molar-refractivity contribution < 1.29 is 4.39 Å². The van der Waals surface area contributed by atoms with Crippen molar-refractivity contribution in [3.63, 3.8) is 0 Å². The van der Waals surface area contributed by atoms with Gasteiger partial charge in [-0.2, -0.15) is 0 Å². The molecule has 17 heavy (non-hydrogen) atoms. The average molecular weight is 248 g/mol. The number of benzene rings is 2. The van der Waals surface area contributed by atoms with Gasteiger partial charge in [-0.05, 0) is 39.8 Å². The average Bonchev–Trinajstić information content (AvgIpc) is 2.29. The Morgan fingerprint density at radius 1 is 1.00 bits per heavy atom. The first-order valence-electron chi connectivity index (χ1n) is 5.02. The van der Waals surface area contributed by atoms with Gasteiger partial charge in [0.05, 0.1) is 10.7 Å². The number of nitrogen functional groups attached to an aromatic ring is 1. The van der Waals surface area contributed by atoms with Crippen molar-refractivity contribution in [1.82, 2.24) is 0 Å². The van der Waals surface area contributed by atoms with E-state index in [0.717, 1.165) is 16.0 Å². The second-order valence-electron chi connectivity index (χ2n) is 3.84. The zero-order chi connectivity index (χ0) is 12.6. The first-order chi connectivity index (χ1) is 7.99. The number of anilines is 1. The summed E-state index contributed by atoms with van der Waals surface area (Å²) in [5.74, 6) is -0.517. The smallest absolute Gasteiger partial charge is 0.148 e. The summed E-state index contributed by atoms with van der Waals surface area (Å²) < 4.78 is 13.5. The molecule has 0 saturated carbocycles. The van der Waals surface area contributed by atoms with Crippen LogP contribution in [0.4, 0.5) is 10.1 Å². The molecule has 0 aliphatic rings. The Morgan fingerprint density at radius 2 is 1.71 bits per heavy atom. The quantitative estimate of drug-likeness (QED) is 0.770. The van der Waals surface area contributed by atoms with Gasteiger partial charge in [0.1, 0.15) is 5.82 Å². The van der Waals surface area contributed by atoms with Crippen LogP contribution in [-0.4, -0.2) is 0 Å². The van der Waals surface area contributed by atoms with Crippen LogP contribution in [0, 0.1) is 5.82 Å². The molecule has 2 rings (SSSR count). The van der Waals surface area contributed by atoms with Crippen LogP contribution in [0.5, 0.6) is 0 Å². The van der Waals surface area contributed by atoms with Crippen LogP contribution in [0.2, 0.25) is 5.02 Å². The van der Waals surface area contributed by atoms with Crippen molar-refractivity contribution in [2.45, 2.75) is 0 Å². The monoisotopic (exact) mass is 247 g/mol. The van der Waals surface area contributed by atoms with Crippen molar-refractivity contribution >= 4 is 30.4 Å². The maximum atomic E-state index is 13.5. The Hall–Kier alpha value is -1.80. The van der Waals surface area contributed by atoms with E-state index in [0.29, 0.717) is 5.56 Å². The van der Waals surface area contributed by atoms with Gasteiger partial charge in [-0.25, -0.2) is 4.39 Å². The minimum atomic E-state index is -0.517. The molecule has 0 aliphatic heterocycles. The van der Waals surface area contributed by atoms with Gasteiger partial charge < -0.3 is 5.73 Å². The lowest BCUT2D eigenvalue weighted by Gasteiger charge is -2.06. The molecule has 0 unspecified atom stereocenters. The first kappa shape index (κ1) is 11.7. The third-order valence-corrected chi connectivity index (χ3v) is 2.93. The number of rotatable bonds is 1. The third-order valence-electron chi connectivity index (χ3n) is 2.62. The highest BCUT2D eigenvalue weighted by Crippen LogP contribution is 2.28. The highest BCUT2D eigenvalue weighted by molar-refractivity contribution is 6.33. The summed E-state index contributed by atoms with van der Waals surface area (Å²) in [6, 6.07) is 8.51. The molecule has 0 fully saturated rings. The Balaban J connectivity index is 2.65. The molecule has 0 amide bonds. The van der Waals surface area contributed by atoms with Gasteiger partial charge in [0, 0.05) is 0 Å². The zero-order valence-corrected chi connectivity index (χ0v) is 9.89. The van der Waals surface area contributed by atoms with Crippen LogP contribution in [0.3, 0.4) is 0 Å². The molecule has 0 radical (unpaired) electrons. The van der Waals surface area contributed by atoms with Gasteiger partial charge in [-0.15, -0.1) is 0 Å². The summed E-state index contributed by atoms with van der Waals surface area (Å²) in [5.41, 5.74) is 6.93. The van der Waals surface area contributed by atoms with E-state index in [2.05, 4.69) is 13.2 Å². The van der Waals surface area contributed by atoms with Crippen molar-refractivity contribution in [3.05, 3.63) is 51.6 Å². The summed E-state index contributed by atoms with van der Waals surface area (Å²) in [5, 5.41) is 1.86. The van der Waals surface area contributed by atoms with E-state index in [-0.39, 0.29) is 10.7 Å². The molecule has 0 aromatic heterocycles. The van der Waals surface area contributed by atoms with Crippen molar-refractivity contribution in [1.29, 1.82) is 0 Å². The first-order valence-corrected chi connectivity index (χ1v) is 5.39. The highest BCUT2D eigenvalue weighted by Gasteiger charge is 2.07. The number of nitrogens with two attached hydrogens (primary N) is 1. The van der Waals surface area contributed by atoms with Crippen LogP contribution in [-0.2, 0) is 0 Å². The van der Waals surface area contributed by atoms with Gasteiger partial charge in [-0.1, -0.05) is 36.9 Å². The van der Waals surface area contributed by atoms with Gasteiger partial charge >= 0.3 is 0 Å². The predicted octanol–water partition coefficient (Wildman–Crippen LogP) is 2.55. The van der Waals surface area contributed by atoms with E-state index in [1.807, 2.05) is 18.2 Å². The molecular formula is C14H11ClFN. The standard InChI is InChI=1S/C14H11ClFN/c1-8-3-4-10(5-9(8)2)11-6-12(15)14(17)13(16)7-11/h3-7H,1-2,17H2. The summed E-state index contributed by atoms with van der Waals surface area (Å²) >= 11 is 5.85. The maximum absolute atomic E-state index is 13.5. The lowest BCUT2D eigenvalue weighted by molar-refractivity contribution is 0.633. The van der Waals surface area contributed by atoms with Crippen LogP contribution in [0.1, 0.15) is 0 Å². The zero-order valence-electron chi connectivity index (χ0n) is 9.13. The van der Waals surface area contributed by atoms with Gasteiger partial charge in [0.15, 0.2) is 0 Å². The van der Waals surface area contributed by atoms with E-state index in [1.165, 1.54) is 6.07 Å². The fourth-order valence-electron chi connectivity index (χ4n) is 1.56. The predicted molar refractivity (Wildman–Crippen MR) is 71.6 cm³/mol. The lowest BCUT2D eigenvalue weighted by Crippen LogP contribution is -2.20. The normalized spacial score (nSPS) is 10.5. The molecule has 86 valence electrons. The molecule has 0 heterocycles. The SMILES string of the molecule is C=c1ccc(-c2cc(F)c(N)c(Cl)c2)cc1=C. The second-order valence-corrected chi connectivity index (χ2v) is 4.24. The van der Waals surface area contributed by atoms with Crippen LogP contribution >= 0.6 is 11.6 Å². The molecule has 2 N–H and O–H groups in total. The molecule has 3 heteroatoms. The van der Waals surface area contributed by atoms with Crippen molar-refractivity contribution in [2.24, 2.45) is 0 Å². The van der Waals surface area contributed by atoms with Crippen LogP contribution in [0.15, 0.2) is 30.3 Å². The lowest BCUT2D eigenvalue weighted by atomic mass is 10.0. The fraction of sp³-hybridized carbons (Fsp3) is 0. The Kier molecular flexibility index (Phi) is 2.90. The molecule has 2 aromatic rings. The highest BCUT2D eigenvalue weighted by atomic mass is 35.5. The maximum Gasteiger partial charge on any atom is 0.148 e. The summed E-state index contributed by atoms with van der Waals surface area (Å²) in [7, 11) is 0.